The second-order valence-corrected chi connectivity index (χ2v) is 4.03. The molecule has 0 aliphatic heterocycles. The van der Waals surface area contributed by atoms with Gasteiger partial charge in [0.2, 0.25) is 0 Å². The Morgan fingerprint density at radius 1 is 1.50 bits per heavy atom. The van der Waals surface area contributed by atoms with Crippen molar-refractivity contribution in [1.82, 2.24) is 14.6 Å². The maximum Gasteiger partial charge on any atom is 0.157 e. The minimum Gasteiger partial charge on any atom is -0.396 e. The van der Waals surface area contributed by atoms with Gasteiger partial charge in [0.1, 0.15) is 0 Å². The average molecular weight is 209 g/mol. The summed E-state index contributed by atoms with van der Waals surface area (Å²) in [6.45, 7) is 0. The first-order chi connectivity index (χ1) is 6.74. The van der Waals surface area contributed by atoms with Crippen LogP contribution in [-0.4, -0.2) is 14.6 Å². The van der Waals surface area contributed by atoms with Crippen molar-refractivity contribution in [1.29, 1.82) is 0 Å². The summed E-state index contributed by atoms with van der Waals surface area (Å²) in [5.41, 5.74) is 6.97. The van der Waals surface area contributed by atoms with Crippen molar-refractivity contribution < 1.29 is 0 Å². The molecule has 4 nitrogen and oxygen atoms in total. The van der Waals surface area contributed by atoms with Crippen LogP contribution < -0.4 is 5.73 Å². The molecule has 3 rings (SSSR count). The molecule has 14 heavy (non-hydrogen) atoms. The van der Waals surface area contributed by atoms with Crippen LogP contribution in [0.2, 0.25) is 5.02 Å². The summed E-state index contributed by atoms with van der Waals surface area (Å²) in [7, 11) is 0. The third-order valence-electron chi connectivity index (χ3n) is 2.41. The van der Waals surface area contributed by atoms with Crippen LogP contribution in [0.25, 0.3) is 5.65 Å². The van der Waals surface area contributed by atoms with E-state index in [9.17, 15) is 0 Å². The lowest BCUT2D eigenvalue weighted by atomic mass is 10.4. The van der Waals surface area contributed by atoms with Crippen molar-refractivity contribution >= 4 is 22.9 Å². The quantitative estimate of drug-likeness (QED) is 0.778. The van der Waals surface area contributed by atoms with Gasteiger partial charge in [-0.05, 0) is 12.8 Å². The van der Waals surface area contributed by atoms with Crippen molar-refractivity contribution in [2.45, 2.75) is 18.8 Å². The first kappa shape index (κ1) is 8.05. The summed E-state index contributed by atoms with van der Waals surface area (Å²) in [6, 6.07) is 1.75. The van der Waals surface area contributed by atoms with E-state index in [1.54, 1.807) is 16.8 Å². The Morgan fingerprint density at radius 3 is 3.00 bits per heavy atom. The number of halogens is 1. The van der Waals surface area contributed by atoms with Gasteiger partial charge in [0.05, 0.1) is 16.9 Å². The highest BCUT2D eigenvalue weighted by Gasteiger charge is 2.27. The average Bonchev–Trinajstić information content (AvgIpc) is 2.90. The Kier molecular flexibility index (Phi) is 1.50. The number of fused-ring (bicyclic) bond motifs is 1. The molecule has 2 heterocycles. The molecule has 2 aromatic heterocycles. The molecule has 1 saturated carbocycles. The molecule has 0 bridgehead atoms. The zero-order valence-corrected chi connectivity index (χ0v) is 8.20. The van der Waals surface area contributed by atoms with Gasteiger partial charge in [-0.1, -0.05) is 11.6 Å². The van der Waals surface area contributed by atoms with E-state index in [2.05, 4.69) is 10.1 Å². The summed E-state index contributed by atoms with van der Waals surface area (Å²) in [4.78, 5) is 4.39. The van der Waals surface area contributed by atoms with Gasteiger partial charge in [0.15, 0.2) is 11.5 Å². The number of anilines is 1. The van der Waals surface area contributed by atoms with Crippen molar-refractivity contribution in [2.24, 2.45) is 0 Å². The first-order valence-corrected chi connectivity index (χ1v) is 4.93. The Hall–Kier alpha value is -1.29. The fourth-order valence-electron chi connectivity index (χ4n) is 1.45. The largest absolute Gasteiger partial charge is 0.396 e. The van der Waals surface area contributed by atoms with Gasteiger partial charge in [0, 0.05) is 12.0 Å². The highest BCUT2D eigenvalue weighted by Crippen LogP contribution is 2.38. The molecular weight excluding hydrogens is 200 g/mol. The third-order valence-corrected chi connectivity index (χ3v) is 2.74. The number of nitrogen functional groups attached to an aromatic ring is 1. The molecule has 0 saturated heterocycles. The smallest absolute Gasteiger partial charge is 0.157 e. The molecule has 0 atom stereocenters. The van der Waals surface area contributed by atoms with Crippen LogP contribution in [-0.2, 0) is 0 Å². The van der Waals surface area contributed by atoms with E-state index in [1.807, 2.05) is 0 Å². The molecule has 0 amide bonds. The summed E-state index contributed by atoms with van der Waals surface area (Å²) in [5, 5.41) is 4.88. The number of nitrogens with two attached hydrogens (primary N) is 1. The number of hydrogen-bond donors (Lipinski definition) is 1. The van der Waals surface area contributed by atoms with E-state index in [0.29, 0.717) is 16.6 Å². The Bertz CT molecular complexity index is 462. The molecule has 0 unspecified atom stereocenters. The summed E-state index contributed by atoms with van der Waals surface area (Å²) < 4.78 is 1.69. The van der Waals surface area contributed by atoms with Crippen molar-refractivity contribution in [3.8, 4) is 0 Å². The molecule has 1 aliphatic rings. The van der Waals surface area contributed by atoms with Gasteiger partial charge in [-0.3, -0.25) is 0 Å². The molecule has 2 N–H and O–H groups in total. The van der Waals surface area contributed by atoms with Crippen LogP contribution in [0.5, 0.6) is 0 Å². The van der Waals surface area contributed by atoms with Gasteiger partial charge in [-0.15, -0.1) is 0 Å². The Labute approximate surface area is 85.7 Å². The van der Waals surface area contributed by atoms with Crippen molar-refractivity contribution in [3.05, 3.63) is 23.1 Å². The van der Waals surface area contributed by atoms with Crippen molar-refractivity contribution in [2.75, 3.05) is 5.73 Å². The normalized spacial score (nSPS) is 16.4. The van der Waals surface area contributed by atoms with Crippen LogP contribution in [0.4, 0.5) is 5.69 Å². The van der Waals surface area contributed by atoms with Gasteiger partial charge in [-0.25, -0.2) is 9.50 Å². The zero-order chi connectivity index (χ0) is 9.71. The summed E-state index contributed by atoms with van der Waals surface area (Å²) >= 11 is 5.89. The fourth-order valence-corrected chi connectivity index (χ4v) is 1.60. The lowest BCUT2D eigenvalue weighted by molar-refractivity contribution is 0.879. The van der Waals surface area contributed by atoms with Crippen LogP contribution in [0, 0.1) is 0 Å². The number of pyridine rings is 1. The monoisotopic (exact) mass is 208 g/mol. The predicted molar refractivity (Wildman–Crippen MR) is 54.4 cm³/mol. The molecule has 5 heteroatoms. The van der Waals surface area contributed by atoms with Crippen molar-refractivity contribution in [3.63, 3.8) is 0 Å². The van der Waals surface area contributed by atoms with Gasteiger partial charge in [-0.2, -0.15) is 5.10 Å². The van der Waals surface area contributed by atoms with E-state index in [1.165, 1.54) is 12.8 Å². The Balaban J connectivity index is 2.22. The Morgan fingerprint density at radius 2 is 2.29 bits per heavy atom. The third kappa shape index (κ3) is 1.14. The second kappa shape index (κ2) is 2.60. The maximum absolute atomic E-state index is 5.89. The highest BCUT2D eigenvalue weighted by molar-refractivity contribution is 6.33. The maximum atomic E-state index is 5.89. The molecular formula is C9H9ClN4. The minimum atomic E-state index is 0.534. The SMILES string of the molecule is Nc1cn2nc(C3CC3)nc2cc1Cl. The number of hydrogen-bond acceptors (Lipinski definition) is 3. The summed E-state index contributed by atoms with van der Waals surface area (Å²) in [6.07, 6.45) is 4.09. The summed E-state index contributed by atoms with van der Waals surface area (Å²) in [5.74, 6) is 1.46. The zero-order valence-electron chi connectivity index (χ0n) is 7.44. The lowest BCUT2D eigenvalue weighted by Gasteiger charge is -1.96. The van der Waals surface area contributed by atoms with Crippen LogP contribution in [0.15, 0.2) is 12.3 Å². The minimum absolute atomic E-state index is 0.534. The predicted octanol–water partition coefficient (Wildman–Crippen LogP) is 1.84. The molecule has 1 aliphatic carbocycles. The number of nitrogens with zero attached hydrogens (tertiary/aromatic N) is 3. The van der Waals surface area contributed by atoms with Gasteiger partial charge in [0.25, 0.3) is 0 Å². The standard InChI is InChI=1S/C9H9ClN4/c10-6-3-8-12-9(5-1-2-5)13-14(8)4-7(6)11/h3-5H,1-2,11H2. The van der Waals surface area contributed by atoms with E-state index in [4.69, 9.17) is 17.3 Å². The molecule has 1 fully saturated rings. The molecule has 0 aromatic carbocycles. The first-order valence-electron chi connectivity index (χ1n) is 4.55. The molecule has 2 aromatic rings. The fraction of sp³-hybridized carbons (Fsp3) is 0.333. The number of rotatable bonds is 1. The lowest BCUT2D eigenvalue weighted by Crippen LogP contribution is -1.93. The van der Waals surface area contributed by atoms with Crippen LogP contribution in [0.1, 0.15) is 24.6 Å². The van der Waals surface area contributed by atoms with E-state index < -0.39 is 0 Å². The molecule has 72 valence electrons. The van der Waals surface area contributed by atoms with E-state index in [0.717, 1.165) is 11.5 Å². The number of aromatic nitrogens is 3. The highest BCUT2D eigenvalue weighted by atomic mass is 35.5. The molecule has 0 spiro atoms. The van der Waals surface area contributed by atoms with E-state index >= 15 is 0 Å². The van der Waals surface area contributed by atoms with E-state index in [-0.39, 0.29) is 0 Å². The van der Waals surface area contributed by atoms with Crippen LogP contribution >= 0.6 is 11.6 Å². The van der Waals surface area contributed by atoms with Gasteiger partial charge < -0.3 is 5.73 Å². The topological polar surface area (TPSA) is 56.2 Å². The second-order valence-electron chi connectivity index (χ2n) is 3.62. The van der Waals surface area contributed by atoms with Gasteiger partial charge >= 0.3 is 0 Å². The van der Waals surface area contributed by atoms with Crippen LogP contribution in [0.3, 0.4) is 0 Å². The molecule has 0 radical (unpaired) electrons.